The van der Waals surface area contributed by atoms with Crippen molar-refractivity contribution in [1.29, 1.82) is 5.26 Å². The Bertz CT molecular complexity index is 691. The fraction of sp³-hybridized carbons (Fsp3) is 0.267. The summed E-state index contributed by atoms with van der Waals surface area (Å²) in [5.74, 6) is -0.0365. The molecule has 0 radical (unpaired) electrons. The molecule has 0 amide bonds. The van der Waals surface area contributed by atoms with E-state index in [0.717, 1.165) is 25.0 Å². The molecular formula is C15H13FN4. The predicted molar refractivity (Wildman–Crippen MR) is 73.1 cm³/mol. The fourth-order valence-corrected chi connectivity index (χ4v) is 2.35. The van der Waals surface area contributed by atoms with Crippen LogP contribution in [0.4, 0.5) is 16.0 Å². The molecule has 0 aliphatic heterocycles. The van der Waals surface area contributed by atoms with Crippen molar-refractivity contribution in [3.05, 3.63) is 47.0 Å². The number of hydrogen-bond donors (Lipinski definition) is 1. The topological polar surface area (TPSA) is 61.6 Å². The van der Waals surface area contributed by atoms with Crippen molar-refractivity contribution in [1.82, 2.24) is 9.97 Å². The number of hydrogen-bond acceptors (Lipinski definition) is 4. The molecule has 0 unspecified atom stereocenters. The molecule has 0 saturated carbocycles. The van der Waals surface area contributed by atoms with Crippen LogP contribution in [0.1, 0.15) is 29.7 Å². The van der Waals surface area contributed by atoms with E-state index in [1.165, 1.54) is 24.1 Å². The molecule has 4 nitrogen and oxygen atoms in total. The molecule has 0 fully saturated rings. The number of aryl methyl sites for hydroxylation is 2. The quantitative estimate of drug-likeness (QED) is 0.909. The van der Waals surface area contributed by atoms with Gasteiger partial charge in [-0.2, -0.15) is 5.26 Å². The highest BCUT2D eigenvalue weighted by molar-refractivity contribution is 5.56. The van der Waals surface area contributed by atoms with Gasteiger partial charge in [-0.1, -0.05) is 0 Å². The zero-order valence-electron chi connectivity index (χ0n) is 10.9. The molecule has 1 heterocycles. The van der Waals surface area contributed by atoms with Crippen LogP contribution < -0.4 is 5.32 Å². The van der Waals surface area contributed by atoms with Crippen molar-refractivity contribution in [2.24, 2.45) is 0 Å². The molecule has 1 aliphatic rings. The van der Waals surface area contributed by atoms with Crippen LogP contribution in [0, 0.1) is 17.1 Å². The molecule has 0 saturated heterocycles. The highest BCUT2D eigenvalue weighted by Crippen LogP contribution is 2.22. The van der Waals surface area contributed by atoms with Crippen LogP contribution in [0.3, 0.4) is 0 Å². The lowest BCUT2D eigenvalue weighted by atomic mass is 9.98. The van der Waals surface area contributed by atoms with Crippen LogP contribution in [0.2, 0.25) is 0 Å². The smallest absolute Gasteiger partial charge is 0.227 e. The fourth-order valence-electron chi connectivity index (χ4n) is 2.35. The molecule has 0 spiro atoms. The SMILES string of the molecule is N#Cc1cc(Nc2ncc3c(n2)CCCC3)ccc1F. The van der Waals surface area contributed by atoms with Crippen LogP contribution in [-0.2, 0) is 12.8 Å². The summed E-state index contributed by atoms with van der Waals surface area (Å²) >= 11 is 0. The standard InChI is InChI=1S/C15H13FN4/c16-13-6-5-12(7-11(13)8-17)19-15-18-9-10-3-1-2-4-14(10)20-15/h5-7,9H,1-4H2,(H,18,19,20). The maximum atomic E-state index is 13.3. The third-order valence-corrected chi connectivity index (χ3v) is 3.41. The number of halogens is 1. The van der Waals surface area contributed by atoms with Gasteiger partial charge in [-0.25, -0.2) is 14.4 Å². The van der Waals surface area contributed by atoms with E-state index in [1.807, 2.05) is 12.3 Å². The molecule has 20 heavy (non-hydrogen) atoms. The summed E-state index contributed by atoms with van der Waals surface area (Å²) in [7, 11) is 0. The Labute approximate surface area is 116 Å². The molecule has 1 N–H and O–H groups in total. The van der Waals surface area contributed by atoms with Crippen molar-refractivity contribution in [2.75, 3.05) is 5.32 Å². The molecule has 1 aromatic heterocycles. The van der Waals surface area contributed by atoms with Crippen molar-refractivity contribution < 1.29 is 4.39 Å². The first kappa shape index (κ1) is 12.5. The Morgan fingerprint density at radius 2 is 2.10 bits per heavy atom. The second kappa shape index (κ2) is 5.25. The maximum Gasteiger partial charge on any atom is 0.227 e. The van der Waals surface area contributed by atoms with Crippen LogP contribution in [0.25, 0.3) is 0 Å². The first-order valence-corrected chi connectivity index (χ1v) is 6.58. The summed E-state index contributed by atoms with van der Waals surface area (Å²) in [5.41, 5.74) is 2.90. The lowest BCUT2D eigenvalue weighted by molar-refractivity contribution is 0.624. The van der Waals surface area contributed by atoms with Gasteiger partial charge in [-0.3, -0.25) is 0 Å². The van der Waals surface area contributed by atoms with Gasteiger partial charge in [-0.15, -0.1) is 0 Å². The minimum absolute atomic E-state index is 0.00737. The average molecular weight is 268 g/mol. The third-order valence-electron chi connectivity index (χ3n) is 3.41. The predicted octanol–water partition coefficient (Wildman–Crippen LogP) is 3.11. The van der Waals surface area contributed by atoms with E-state index in [4.69, 9.17) is 5.26 Å². The largest absolute Gasteiger partial charge is 0.324 e. The summed E-state index contributed by atoms with van der Waals surface area (Å²) in [6.45, 7) is 0. The van der Waals surface area contributed by atoms with Gasteiger partial charge in [0.2, 0.25) is 5.95 Å². The molecule has 1 aromatic carbocycles. The van der Waals surface area contributed by atoms with E-state index in [2.05, 4.69) is 15.3 Å². The molecule has 0 atom stereocenters. The molecule has 2 aromatic rings. The summed E-state index contributed by atoms with van der Waals surface area (Å²) in [6, 6.07) is 6.10. The highest BCUT2D eigenvalue weighted by Gasteiger charge is 2.12. The van der Waals surface area contributed by atoms with E-state index in [9.17, 15) is 4.39 Å². The minimum atomic E-state index is -0.524. The number of aromatic nitrogens is 2. The average Bonchev–Trinajstić information content (AvgIpc) is 2.49. The van der Waals surface area contributed by atoms with Crippen LogP contribution in [-0.4, -0.2) is 9.97 Å². The number of nitrogens with one attached hydrogen (secondary N) is 1. The number of anilines is 2. The Hall–Kier alpha value is -2.48. The van der Waals surface area contributed by atoms with Crippen LogP contribution in [0.5, 0.6) is 0 Å². The zero-order valence-corrected chi connectivity index (χ0v) is 10.9. The van der Waals surface area contributed by atoms with Gasteiger partial charge in [0.1, 0.15) is 11.9 Å². The normalized spacial score (nSPS) is 13.4. The van der Waals surface area contributed by atoms with Gasteiger partial charge in [0.05, 0.1) is 5.56 Å². The molecule has 100 valence electrons. The summed E-state index contributed by atoms with van der Waals surface area (Å²) in [4.78, 5) is 8.75. The third kappa shape index (κ3) is 2.45. The Balaban J connectivity index is 1.86. The van der Waals surface area contributed by atoms with E-state index in [1.54, 1.807) is 6.07 Å². The number of rotatable bonds is 2. The summed E-state index contributed by atoms with van der Waals surface area (Å²) < 4.78 is 13.3. The van der Waals surface area contributed by atoms with E-state index in [-0.39, 0.29) is 5.56 Å². The van der Waals surface area contributed by atoms with Gasteiger partial charge in [-0.05, 0) is 49.4 Å². The number of benzene rings is 1. The molecule has 5 heteroatoms. The van der Waals surface area contributed by atoms with E-state index in [0.29, 0.717) is 11.6 Å². The lowest BCUT2D eigenvalue weighted by Crippen LogP contribution is -2.08. The van der Waals surface area contributed by atoms with Crippen molar-refractivity contribution in [3.63, 3.8) is 0 Å². The van der Waals surface area contributed by atoms with Crippen molar-refractivity contribution >= 4 is 11.6 Å². The van der Waals surface area contributed by atoms with Crippen LogP contribution in [0.15, 0.2) is 24.4 Å². The number of nitrogens with zero attached hydrogens (tertiary/aromatic N) is 3. The molecule has 1 aliphatic carbocycles. The molecular weight excluding hydrogens is 255 g/mol. The molecule has 0 bridgehead atoms. The Morgan fingerprint density at radius 1 is 1.25 bits per heavy atom. The van der Waals surface area contributed by atoms with Gasteiger partial charge < -0.3 is 5.32 Å². The van der Waals surface area contributed by atoms with E-state index >= 15 is 0 Å². The lowest BCUT2D eigenvalue weighted by Gasteiger charge is -2.15. The first-order chi connectivity index (χ1) is 9.76. The number of nitriles is 1. The maximum absolute atomic E-state index is 13.3. The summed E-state index contributed by atoms with van der Waals surface area (Å²) in [5, 5.41) is 11.8. The summed E-state index contributed by atoms with van der Waals surface area (Å²) in [6.07, 6.45) is 6.19. The minimum Gasteiger partial charge on any atom is -0.324 e. The second-order valence-electron chi connectivity index (χ2n) is 4.80. The zero-order chi connectivity index (χ0) is 13.9. The first-order valence-electron chi connectivity index (χ1n) is 6.58. The van der Waals surface area contributed by atoms with Gasteiger partial charge in [0, 0.05) is 17.6 Å². The Morgan fingerprint density at radius 3 is 2.95 bits per heavy atom. The van der Waals surface area contributed by atoms with Gasteiger partial charge in [0.25, 0.3) is 0 Å². The second-order valence-corrected chi connectivity index (χ2v) is 4.80. The molecule has 3 rings (SSSR count). The van der Waals surface area contributed by atoms with Gasteiger partial charge >= 0.3 is 0 Å². The van der Waals surface area contributed by atoms with Crippen LogP contribution >= 0.6 is 0 Å². The van der Waals surface area contributed by atoms with Gasteiger partial charge in [0.15, 0.2) is 0 Å². The monoisotopic (exact) mass is 268 g/mol. The highest BCUT2D eigenvalue weighted by atomic mass is 19.1. The van der Waals surface area contributed by atoms with Crippen molar-refractivity contribution in [3.8, 4) is 6.07 Å². The Kier molecular flexibility index (Phi) is 3.30. The van der Waals surface area contributed by atoms with Crippen molar-refractivity contribution in [2.45, 2.75) is 25.7 Å². The van der Waals surface area contributed by atoms with E-state index < -0.39 is 5.82 Å². The number of fused-ring (bicyclic) bond motifs is 1.